The minimum atomic E-state index is -0.237. The summed E-state index contributed by atoms with van der Waals surface area (Å²) in [5.41, 5.74) is 8.08. The van der Waals surface area contributed by atoms with Crippen molar-refractivity contribution in [3.63, 3.8) is 0 Å². The number of furan rings is 1. The molecule has 3 heteroatoms. The average molecular weight is 519 g/mol. The van der Waals surface area contributed by atoms with Crippen LogP contribution in [0.5, 0.6) is 0 Å². The van der Waals surface area contributed by atoms with Gasteiger partial charge in [0.15, 0.2) is 6.20 Å². The maximum atomic E-state index is 15.6. The average Bonchev–Trinajstić information content (AvgIpc) is 3.33. The van der Waals surface area contributed by atoms with Gasteiger partial charge in [0.05, 0.1) is 11.1 Å². The van der Waals surface area contributed by atoms with E-state index in [1.807, 2.05) is 31.4 Å². The van der Waals surface area contributed by atoms with Crippen LogP contribution in [0.15, 0.2) is 77.3 Å². The summed E-state index contributed by atoms with van der Waals surface area (Å²) in [5.74, 6) is 0.392. The van der Waals surface area contributed by atoms with Crippen LogP contribution in [-0.2, 0) is 7.05 Å². The molecule has 0 N–H and O–H groups in total. The maximum absolute atomic E-state index is 15.6. The minimum Gasteiger partial charge on any atom is -0.454 e. The van der Waals surface area contributed by atoms with Crippen molar-refractivity contribution in [1.82, 2.24) is 0 Å². The Kier molecular flexibility index (Phi) is 6.06. The second-order valence-corrected chi connectivity index (χ2v) is 12.1. The highest BCUT2D eigenvalue weighted by atomic mass is 19.1. The monoisotopic (exact) mass is 518 g/mol. The van der Waals surface area contributed by atoms with E-state index in [-0.39, 0.29) is 5.82 Å². The van der Waals surface area contributed by atoms with E-state index < -0.39 is 0 Å². The molecule has 5 aromatic rings. The van der Waals surface area contributed by atoms with E-state index in [0.29, 0.717) is 22.5 Å². The van der Waals surface area contributed by atoms with E-state index in [4.69, 9.17) is 4.42 Å². The number of halogens is 1. The van der Waals surface area contributed by atoms with Gasteiger partial charge in [-0.3, -0.25) is 0 Å². The van der Waals surface area contributed by atoms with Gasteiger partial charge in [-0.25, -0.2) is 8.96 Å². The molecule has 2 nitrogen and oxygen atoms in total. The van der Waals surface area contributed by atoms with Gasteiger partial charge in [-0.15, -0.1) is 0 Å². The van der Waals surface area contributed by atoms with Gasteiger partial charge in [-0.1, -0.05) is 68.5 Å². The first-order chi connectivity index (χ1) is 19.1. The molecule has 3 aromatic carbocycles. The molecule has 2 aromatic heterocycles. The third-order valence-corrected chi connectivity index (χ3v) is 9.89. The van der Waals surface area contributed by atoms with Crippen molar-refractivity contribution < 1.29 is 13.4 Å². The van der Waals surface area contributed by atoms with Crippen LogP contribution >= 0.6 is 0 Å². The summed E-state index contributed by atoms with van der Waals surface area (Å²) < 4.78 is 24.3. The molecule has 2 heterocycles. The summed E-state index contributed by atoms with van der Waals surface area (Å²) in [6, 6.07) is 22.7. The molecule has 2 saturated carbocycles. The first-order valence-corrected chi connectivity index (χ1v) is 14.8. The van der Waals surface area contributed by atoms with Crippen molar-refractivity contribution in [3.05, 3.63) is 89.9 Å². The van der Waals surface area contributed by atoms with Gasteiger partial charge in [0.2, 0.25) is 5.69 Å². The lowest BCUT2D eigenvalue weighted by molar-refractivity contribution is -0.660. The fraction of sp³-hybridized carbons (Fsp3) is 0.361. The van der Waals surface area contributed by atoms with Crippen LogP contribution in [0.25, 0.3) is 44.3 Å². The number of aromatic nitrogens is 1. The summed E-state index contributed by atoms with van der Waals surface area (Å²) in [7, 11) is 2.05. The highest BCUT2D eigenvalue weighted by Gasteiger charge is 2.41. The van der Waals surface area contributed by atoms with Gasteiger partial charge in [-0.2, -0.15) is 0 Å². The van der Waals surface area contributed by atoms with Crippen LogP contribution in [0.2, 0.25) is 0 Å². The lowest BCUT2D eigenvalue weighted by Gasteiger charge is -2.47. The van der Waals surface area contributed by atoms with E-state index in [9.17, 15) is 0 Å². The van der Waals surface area contributed by atoms with Crippen LogP contribution in [-0.4, -0.2) is 0 Å². The first kappa shape index (κ1) is 24.6. The van der Waals surface area contributed by atoms with Crippen molar-refractivity contribution in [2.75, 3.05) is 0 Å². The Balaban J connectivity index is 1.35. The zero-order chi connectivity index (χ0) is 26.6. The predicted octanol–water partition coefficient (Wildman–Crippen LogP) is 9.80. The van der Waals surface area contributed by atoms with Crippen molar-refractivity contribution in [2.24, 2.45) is 12.5 Å². The fourth-order valence-corrected chi connectivity index (χ4v) is 7.91. The summed E-state index contributed by atoms with van der Waals surface area (Å²) in [4.78, 5) is 0. The Morgan fingerprint density at radius 3 is 2.21 bits per heavy atom. The number of nitrogens with zero attached hydrogens (tertiary/aromatic N) is 1. The van der Waals surface area contributed by atoms with Crippen molar-refractivity contribution in [3.8, 4) is 22.4 Å². The number of hydrogen-bond donors (Lipinski definition) is 0. The molecule has 1 spiro atoms. The van der Waals surface area contributed by atoms with E-state index in [1.165, 1.54) is 63.4 Å². The molecule has 7 rings (SSSR count). The maximum Gasteiger partial charge on any atom is 0.216 e. The summed E-state index contributed by atoms with van der Waals surface area (Å²) in [5, 5.41) is 1.98. The van der Waals surface area contributed by atoms with Gasteiger partial charge < -0.3 is 4.42 Å². The molecular formula is C36H37FNO+. The zero-order valence-electron chi connectivity index (χ0n) is 23.1. The molecule has 1 atom stereocenters. The topological polar surface area (TPSA) is 17.0 Å². The number of hydrogen-bond acceptors (Lipinski definition) is 1. The van der Waals surface area contributed by atoms with Crippen molar-refractivity contribution in [1.29, 1.82) is 0 Å². The molecule has 39 heavy (non-hydrogen) atoms. The summed E-state index contributed by atoms with van der Waals surface area (Å²) >= 11 is 0. The Bertz CT molecular complexity index is 1660. The van der Waals surface area contributed by atoms with Crippen LogP contribution in [0.4, 0.5) is 4.39 Å². The zero-order valence-corrected chi connectivity index (χ0v) is 23.1. The van der Waals surface area contributed by atoms with E-state index >= 15 is 4.39 Å². The molecule has 0 saturated heterocycles. The number of fused-ring (bicyclic) bond motifs is 3. The molecule has 0 aliphatic heterocycles. The Morgan fingerprint density at radius 2 is 1.46 bits per heavy atom. The smallest absolute Gasteiger partial charge is 0.216 e. The number of pyridine rings is 1. The molecular weight excluding hydrogens is 481 g/mol. The number of benzene rings is 3. The SMILES string of the molecule is Cc1ccc2c(oc3c(-c4ccc(C5CCCCC56CCCCC6)cc4)c(F)ccc32)c1-c1cccc[n+]1C. The van der Waals surface area contributed by atoms with Gasteiger partial charge >= 0.3 is 0 Å². The second kappa shape index (κ2) is 9.62. The molecule has 2 aliphatic rings. The molecule has 2 aliphatic carbocycles. The third kappa shape index (κ3) is 4.01. The molecule has 0 bridgehead atoms. The second-order valence-electron chi connectivity index (χ2n) is 12.1. The molecule has 0 radical (unpaired) electrons. The van der Waals surface area contributed by atoms with Crippen LogP contribution in [0.3, 0.4) is 0 Å². The normalized spacial score (nSPS) is 19.2. The van der Waals surface area contributed by atoms with Crippen LogP contribution in [0.1, 0.15) is 74.8 Å². The molecule has 1 unspecified atom stereocenters. The highest BCUT2D eigenvalue weighted by Crippen LogP contribution is 2.55. The fourth-order valence-electron chi connectivity index (χ4n) is 7.91. The lowest BCUT2D eigenvalue weighted by atomic mass is 9.57. The quantitative estimate of drug-likeness (QED) is 0.217. The van der Waals surface area contributed by atoms with Gasteiger partial charge in [0.25, 0.3) is 0 Å². The molecule has 0 amide bonds. The largest absolute Gasteiger partial charge is 0.454 e. The highest BCUT2D eigenvalue weighted by molar-refractivity contribution is 6.13. The van der Waals surface area contributed by atoms with E-state index in [2.05, 4.69) is 54.0 Å². The van der Waals surface area contributed by atoms with E-state index in [1.54, 1.807) is 6.07 Å². The Labute approximate surface area is 230 Å². The Morgan fingerprint density at radius 1 is 0.769 bits per heavy atom. The summed E-state index contributed by atoms with van der Waals surface area (Å²) in [6.07, 6.45) is 14.3. The van der Waals surface area contributed by atoms with Crippen molar-refractivity contribution in [2.45, 2.75) is 70.6 Å². The minimum absolute atomic E-state index is 0.237. The van der Waals surface area contributed by atoms with Crippen LogP contribution in [0, 0.1) is 18.2 Å². The van der Waals surface area contributed by atoms with Gasteiger partial charge in [-0.05, 0) is 78.8 Å². The molecule has 2 fully saturated rings. The summed E-state index contributed by atoms with van der Waals surface area (Å²) in [6.45, 7) is 2.11. The predicted molar refractivity (Wildman–Crippen MR) is 157 cm³/mol. The first-order valence-electron chi connectivity index (χ1n) is 14.8. The van der Waals surface area contributed by atoms with E-state index in [0.717, 1.165) is 38.7 Å². The van der Waals surface area contributed by atoms with Gasteiger partial charge in [0, 0.05) is 22.9 Å². The van der Waals surface area contributed by atoms with Gasteiger partial charge in [0.1, 0.15) is 24.0 Å². The third-order valence-electron chi connectivity index (χ3n) is 9.89. The number of aryl methyl sites for hydroxylation is 2. The lowest BCUT2D eigenvalue weighted by Crippen LogP contribution is -2.34. The van der Waals surface area contributed by atoms with Crippen molar-refractivity contribution >= 4 is 21.9 Å². The van der Waals surface area contributed by atoms with Crippen LogP contribution < -0.4 is 4.57 Å². The number of rotatable bonds is 3. The molecule has 198 valence electrons. The Hall–Kier alpha value is -3.46. The standard InChI is InChI=1S/C36H37FNO/c1-24-12-17-27-28-18-19-30(37)33(35(28)39-34(27)32(24)31-11-5-9-23-38(31)2)26-15-13-25(14-16-26)29-10-4-8-22-36(29)20-6-3-7-21-36/h5,9,11-19,23,29H,3-4,6-8,10,20-22H2,1-2H3/q+1.